The maximum Gasteiger partial charge on any atom is 0.353 e. The van der Waals surface area contributed by atoms with Crippen LogP contribution in [-0.2, 0) is 4.79 Å². The monoisotopic (exact) mass is 335 g/mol. The molecular weight excluding hydrogens is 322 g/mol. The fraction of sp³-hybridized carbons (Fsp3) is 0.250. The van der Waals surface area contributed by atoms with E-state index in [1.54, 1.807) is 30.3 Å². The van der Waals surface area contributed by atoms with Gasteiger partial charge in [-0.25, -0.2) is 4.79 Å². The van der Waals surface area contributed by atoms with Crippen molar-refractivity contribution in [3.05, 3.63) is 45.8 Å². The highest BCUT2D eigenvalue weighted by Crippen LogP contribution is 2.32. The molecule has 0 bridgehead atoms. The maximum absolute atomic E-state index is 12.1. The van der Waals surface area contributed by atoms with E-state index in [1.165, 1.54) is 11.3 Å². The van der Waals surface area contributed by atoms with Crippen LogP contribution in [0.1, 0.15) is 28.1 Å². The second kappa shape index (κ2) is 6.10. The summed E-state index contributed by atoms with van der Waals surface area (Å²) in [6.45, 7) is 1.82. The number of anilines is 1. The van der Waals surface area contributed by atoms with Gasteiger partial charge in [0, 0.05) is 10.9 Å². The summed E-state index contributed by atoms with van der Waals surface area (Å²) in [5.41, 5.74) is 0.791. The highest BCUT2D eigenvalue weighted by Gasteiger charge is 2.30. The van der Waals surface area contributed by atoms with Crippen molar-refractivity contribution in [2.75, 3.05) is 5.32 Å². The van der Waals surface area contributed by atoms with Crippen molar-refractivity contribution >= 4 is 39.8 Å². The third kappa shape index (κ3) is 3.48. The molecule has 3 rings (SSSR count). The van der Waals surface area contributed by atoms with Gasteiger partial charge in [0.1, 0.15) is 10.6 Å². The third-order valence-corrected chi connectivity index (χ3v) is 4.56. The number of aryl methyl sites for hydroxylation is 1. The average Bonchev–Trinajstić information content (AvgIpc) is 3.22. The zero-order valence-corrected chi connectivity index (χ0v) is 13.5. The van der Waals surface area contributed by atoms with Gasteiger partial charge in [0.25, 0.3) is 0 Å². The first-order chi connectivity index (χ1) is 10.5. The van der Waals surface area contributed by atoms with Crippen LogP contribution in [0.3, 0.4) is 0 Å². The van der Waals surface area contributed by atoms with Crippen LogP contribution in [0, 0.1) is 12.8 Å². The quantitative estimate of drug-likeness (QED) is 0.670. The molecule has 2 aromatic rings. The second-order valence-electron chi connectivity index (χ2n) is 5.23. The Morgan fingerprint density at radius 1 is 1.27 bits per heavy atom. The molecule has 0 aliphatic heterocycles. The van der Waals surface area contributed by atoms with Crippen molar-refractivity contribution < 1.29 is 14.3 Å². The summed E-state index contributed by atoms with van der Waals surface area (Å²) in [5, 5.41) is 4.08. The van der Waals surface area contributed by atoms with Crippen LogP contribution in [0.15, 0.2) is 30.3 Å². The molecule has 1 aliphatic carbocycles. The molecule has 1 saturated carbocycles. The third-order valence-electron chi connectivity index (χ3n) is 3.34. The number of amides is 1. The zero-order chi connectivity index (χ0) is 15.7. The van der Waals surface area contributed by atoms with Gasteiger partial charge in [-0.3, -0.25) is 4.79 Å². The number of hydrogen-bond acceptors (Lipinski definition) is 4. The van der Waals surface area contributed by atoms with Gasteiger partial charge in [-0.05, 0) is 55.7 Å². The summed E-state index contributed by atoms with van der Waals surface area (Å²) < 4.78 is 5.36. The van der Waals surface area contributed by atoms with E-state index in [0.717, 1.165) is 18.4 Å². The molecular formula is C16H14ClNO3S. The summed E-state index contributed by atoms with van der Waals surface area (Å²) in [6.07, 6.45) is 1.89. The summed E-state index contributed by atoms with van der Waals surface area (Å²) in [5.74, 6) is 0.193. The Bertz CT molecular complexity index is 737. The number of ether oxygens (including phenoxy) is 1. The highest BCUT2D eigenvalue weighted by atomic mass is 35.5. The molecule has 0 atom stereocenters. The fourth-order valence-corrected chi connectivity index (χ4v) is 2.97. The van der Waals surface area contributed by atoms with Gasteiger partial charge >= 0.3 is 5.97 Å². The Kier molecular flexibility index (Phi) is 4.18. The van der Waals surface area contributed by atoms with Crippen LogP contribution in [0.5, 0.6) is 5.75 Å². The molecule has 1 aliphatic rings. The largest absolute Gasteiger partial charge is 0.422 e. The normalized spacial score (nSPS) is 13.7. The number of esters is 1. The number of thiophene rings is 1. The van der Waals surface area contributed by atoms with Crippen molar-refractivity contribution in [2.24, 2.45) is 5.92 Å². The Balaban J connectivity index is 1.67. The molecule has 1 fully saturated rings. The minimum atomic E-state index is -0.442. The molecule has 6 heteroatoms. The number of rotatable bonds is 4. The fourth-order valence-electron chi connectivity index (χ4n) is 1.96. The standard InChI is InChI=1S/C16H14ClNO3S/c1-9-8-11(17)4-5-12(9)21-16(20)13-6-7-14(22-13)18-15(19)10-2-3-10/h4-8,10H,2-3H2,1H3,(H,18,19). The Morgan fingerprint density at radius 2 is 2.05 bits per heavy atom. The van der Waals surface area contributed by atoms with E-state index in [4.69, 9.17) is 16.3 Å². The van der Waals surface area contributed by atoms with E-state index in [0.29, 0.717) is 20.7 Å². The first kappa shape index (κ1) is 15.1. The SMILES string of the molecule is Cc1cc(Cl)ccc1OC(=O)c1ccc(NC(=O)C2CC2)s1. The lowest BCUT2D eigenvalue weighted by molar-refractivity contribution is -0.117. The first-order valence-corrected chi connectivity index (χ1v) is 8.11. The highest BCUT2D eigenvalue weighted by molar-refractivity contribution is 7.18. The molecule has 4 nitrogen and oxygen atoms in total. The lowest BCUT2D eigenvalue weighted by Gasteiger charge is -2.06. The van der Waals surface area contributed by atoms with Crippen molar-refractivity contribution in [3.63, 3.8) is 0 Å². The van der Waals surface area contributed by atoms with Gasteiger partial charge in [-0.15, -0.1) is 11.3 Å². The van der Waals surface area contributed by atoms with Gasteiger partial charge in [-0.1, -0.05) is 11.6 Å². The molecule has 0 radical (unpaired) electrons. The molecule has 1 aromatic carbocycles. The molecule has 1 aromatic heterocycles. The molecule has 1 amide bonds. The van der Waals surface area contributed by atoms with Crippen molar-refractivity contribution in [1.29, 1.82) is 0 Å². The average molecular weight is 336 g/mol. The maximum atomic E-state index is 12.1. The zero-order valence-electron chi connectivity index (χ0n) is 11.9. The predicted octanol–water partition coefficient (Wildman–Crippen LogP) is 4.28. The van der Waals surface area contributed by atoms with Gasteiger partial charge in [0.15, 0.2) is 0 Å². The molecule has 0 spiro atoms. The van der Waals surface area contributed by atoms with E-state index >= 15 is 0 Å². The lowest BCUT2D eigenvalue weighted by atomic mass is 10.2. The molecule has 114 valence electrons. The summed E-state index contributed by atoms with van der Waals surface area (Å²) in [7, 11) is 0. The number of carbonyl (C=O) groups is 2. The summed E-state index contributed by atoms with van der Waals surface area (Å²) >= 11 is 7.08. The minimum Gasteiger partial charge on any atom is -0.422 e. The first-order valence-electron chi connectivity index (χ1n) is 6.92. The smallest absolute Gasteiger partial charge is 0.353 e. The summed E-state index contributed by atoms with van der Waals surface area (Å²) in [6, 6.07) is 8.45. The lowest BCUT2D eigenvalue weighted by Crippen LogP contribution is -2.12. The summed E-state index contributed by atoms with van der Waals surface area (Å²) in [4.78, 5) is 24.3. The van der Waals surface area contributed by atoms with Crippen LogP contribution in [0.4, 0.5) is 5.00 Å². The Hall–Kier alpha value is -1.85. The van der Waals surface area contributed by atoms with E-state index < -0.39 is 5.97 Å². The minimum absolute atomic E-state index is 0.0234. The number of carbonyl (C=O) groups excluding carboxylic acids is 2. The van der Waals surface area contributed by atoms with E-state index in [9.17, 15) is 9.59 Å². The van der Waals surface area contributed by atoms with Gasteiger partial charge in [0.05, 0.1) is 5.00 Å². The number of benzene rings is 1. The predicted molar refractivity (Wildman–Crippen MR) is 86.8 cm³/mol. The van der Waals surface area contributed by atoms with Crippen LogP contribution in [-0.4, -0.2) is 11.9 Å². The van der Waals surface area contributed by atoms with Crippen molar-refractivity contribution in [3.8, 4) is 5.75 Å². The number of halogens is 1. The van der Waals surface area contributed by atoms with Crippen LogP contribution in [0.25, 0.3) is 0 Å². The second-order valence-corrected chi connectivity index (χ2v) is 6.75. The number of nitrogens with one attached hydrogen (secondary N) is 1. The number of hydrogen-bond donors (Lipinski definition) is 1. The Labute approximate surface area is 137 Å². The van der Waals surface area contributed by atoms with Gasteiger partial charge in [-0.2, -0.15) is 0 Å². The van der Waals surface area contributed by atoms with Crippen molar-refractivity contribution in [1.82, 2.24) is 0 Å². The van der Waals surface area contributed by atoms with E-state index in [2.05, 4.69) is 5.32 Å². The van der Waals surface area contributed by atoms with Crippen molar-refractivity contribution in [2.45, 2.75) is 19.8 Å². The molecule has 0 unspecified atom stereocenters. The van der Waals surface area contributed by atoms with Gasteiger partial charge < -0.3 is 10.1 Å². The molecule has 1 heterocycles. The van der Waals surface area contributed by atoms with E-state index in [-0.39, 0.29) is 11.8 Å². The van der Waals surface area contributed by atoms with Gasteiger partial charge in [0.2, 0.25) is 5.91 Å². The topological polar surface area (TPSA) is 55.4 Å². The van der Waals surface area contributed by atoms with Crippen LogP contribution >= 0.6 is 22.9 Å². The molecule has 22 heavy (non-hydrogen) atoms. The van der Waals surface area contributed by atoms with E-state index in [1.807, 2.05) is 6.92 Å². The molecule has 1 N–H and O–H groups in total. The Morgan fingerprint density at radius 3 is 2.73 bits per heavy atom. The van der Waals surface area contributed by atoms with Crippen LogP contribution in [0.2, 0.25) is 5.02 Å². The molecule has 0 saturated heterocycles. The van der Waals surface area contributed by atoms with Crippen LogP contribution < -0.4 is 10.1 Å².